The van der Waals surface area contributed by atoms with Crippen molar-refractivity contribution in [2.75, 3.05) is 14.2 Å². The molecule has 0 unspecified atom stereocenters. The summed E-state index contributed by atoms with van der Waals surface area (Å²) < 4.78 is 5.19. The predicted molar refractivity (Wildman–Crippen MR) is 60.4 cm³/mol. The number of aryl methyl sites for hydroxylation is 1. The van der Waals surface area contributed by atoms with Crippen LogP contribution in [0.3, 0.4) is 0 Å². The first-order valence-electron chi connectivity index (χ1n) is 4.68. The molecule has 0 bridgehead atoms. The van der Waals surface area contributed by atoms with Gasteiger partial charge in [0, 0.05) is 7.05 Å². The van der Waals surface area contributed by atoms with Crippen LogP contribution in [0.5, 0.6) is 5.75 Å². The fourth-order valence-electron chi connectivity index (χ4n) is 1.45. The van der Waals surface area contributed by atoms with Crippen molar-refractivity contribution in [2.24, 2.45) is 0 Å². The van der Waals surface area contributed by atoms with E-state index in [0.717, 1.165) is 5.75 Å². The summed E-state index contributed by atoms with van der Waals surface area (Å²) in [6, 6.07) is 6.10. The van der Waals surface area contributed by atoms with E-state index in [1.807, 2.05) is 19.3 Å². The maximum atomic E-state index is 5.19. The molecule has 76 valence electrons. The molecule has 0 saturated heterocycles. The highest BCUT2D eigenvalue weighted by Crippen LogP contribution is 2.23. The molecule has 0 aliphatic carbocycles. The summed E-state index contributed by atoms with van der Waals surface area (Å²) in [5, 5.41) is 3.03. The van der Waals surface area contributed by atoms with Gasteiger partial charge < -0.3 is 10.1 Å². The Hall–Kier alpha value is -1.44. The van der Waals surface area contributed by atoms with Crippen molar-refractivity contribution in [1.29, 1.82) is 0 Å². The van der Waals surface area contributed by atoms with Crippen LogP contribution in [0.4, 0.5) is 0 Å². The zero-order valence-corrected chi connectivity index (χ0v) is 9.22. The van der Waals surface area contributed by atoms with Crippen molar-refractivity contribution in [3.05, 3.63) is 35.5 Å². The first-order chi connectivity index (χ1) is 6.69. The van der Waals surface area contributed by atoms with Crippen LogP contribution in [-0.4, -0.2) is 14.2 Å². The summed E-state index contributed by atoms with van der Waals surface area (Å²) in [6.45, 7) is 4.18. The van der Waals surface area contributed by atoms with Crippen LogP contribution in [0.15, 0.2) is 24.4 Å². The Morgan fingerprint density at radius 2 is 2.14 bits per heavy atom. The van der Waals surface area contributed by atoms with Gasteiger partial charge in [0.1, 0.15) is 5.75 Å². The van der Waals surface area contributed by atoms with Crippen LogP contribution in [0.2, 0.25) is 0 Å². The second-order valence-electron chi connectivity index (χ2n) is 3.30. The Bertz CT molecular complexity index is 342. The van der Waals surface area contributed by atoms with Crippen molar-refractivity contribution in [1.82, 2.24) is 5.32 Å². The number of rotatable bonds is 3. The minimum atomic E-state index is 0.898. The molecule has 0 radical (unpaired) electrons. The van der Waals surface area contributed by atoms with Gasteiger partial charge in [-0.15, -0.1) is 0 Å². The number of hydrogen-bond donors (Lipinski definition) is 1. The Morgan fingerprint density at radius 1 is 1.43 bits per heavy atom. The number of nitrogens with one attached hydrogen (secondary N) is 1. The molecule has 2 heteroatoms. The summed E-state index contributed by atoms with van der Waals surface area (Å²) in [4.78, 5) is 0. The van der Waals surface area contributed by atoms with Crippen LogP contribution < -0.4 is 10.1 Å². The zero-order chi connectivity index (χ0) is 10.6. The number of allylic oxidation sites excluding steroid dienone is 1. The predicted octanol–water partition coefficient (Wildman–Crippen LogP) is 2.58. The highest BCUT2D eigenvalue weighted by molar-refractivity contribution is 5.67. The molecule has 1 rings (SSSR count). The number of hydrogen-bond acceptors (Lipinski definition) is 2. The molecular weight excluding hydrogens is 174 g/mol. The monoisotopic (exact) mass is 191 g/mol. The molecule has 0 atom stereocenters. The highest BCUT2D eigenvalue weighted by atomic mass is 16.5. The maximum absolute atomic E-state index is 5.19. The van der Waals surface area contributed by atoms with Gasteiger partial charge in [-0.2, -0.15) is 0 Å². The lowest BCUT2D eigenvalue weighted by Crippen LogP contribution is -1.96. The molecule has 1 aromatic carbocycles. The molecule has 0 aliphatic heterocycles. The van der Waals surface area contributed by atoms with Gasteiger partial charge in [0.05, 0.1) is 7.11 Å². The van der Waals surface area contributed by atoms with Crippen molar-refractivity contribution in [3.8, 4) is 5.75 Å². The van der Waals surface area contributed by atoms with Gasteiger partial charge in [0.15, 0.2) is 0 Å². The molecule has 0 fully saturated rings. The second-order valence-corrected chi connectivity index (χ2v) is 3.30. The topological polar surface area (TPSA) is 21.3 Å². The Balaban J connectivity index is 3.12. The summed E-state index contributed by atoms with van der Waals surface area (Å²) in [5.74, 6) is 0.898. The lowest BCUT2D eigenvalue weighted by atomic mass is 10.0. The van der Waals surface area contributed by atoms with Gasteiger partial charge in [-0.05, 0) is 48.9 Å². The minimum absolute atomic E-state index is 0.898. The summed E-state index contributed by atoms with van der Waals surface area (Å²) in [7, 11) is 3.59. The molecule has 0 spiro atoms. The van der Waals surface area contributed by atoms with E-state index in [0.29, 0.717) is 0 Å². The molecule has 0 aromatic heterocycles. The first-order valence-corrected chi connectivity index (χ1v) is 4.68. The number of benzene rings is 1. The van der Waals surface area contributed by atoms with Crippen LogP contribution in [0.1, 0.15) is 18.1 Å². The van der Waals surface area contributed by atoms with Crippen LogP contribution in [-0.2, 0) is 0 Å². The second kappa shape index (κ2) is 4.70. The van der Waals surface area contributed by atoms with E-state index in [2.05, 4.69) is 31.3 Å². The fourth-order valence-corrected chi connectivity index (χ4v) is 1.45. The Labute approximate surface area is 85.6 Å². The molecule has 14 heavy (non-hydrogen) atoms. The van der Waals surface area contributed by atoms with Gasteiger partial charge in [-0.3, -0.25) is 0 Å². The van der Waals surface area contributed by atoms with E-state index in [-0.39, 0.29) is 0 Å². The zero-order valence-electron chi connectivity index (χ0n) is 9.22. The smallest absolute Gasteiger partial charge is 0.119 e. The Kier molecular flexibility index (Phi) is 3.57. The number of ether oxygens (including phenoxy) is 1. The highest BCUT2D eigenvalue weighted by Gasteiger charge is 2.01. The molecule has 0 heterocycles. The normalized spacial score (nSPS) is 11.3. The van der Waals surface area contributed by atoms with Gasteiger partial charge in [0.25, 0.3) is 0 Å². The molecule has 1 aromatic rings. The third-order valence-electron chi connectivity index (χ3n) is 2.23. The van der Waals surface area contributed by atoms with E-state index in [9.17, 15) is 0 Å². The standard InChI is InChI=1S/C12H17NO/c1-9-5-6-11(14-4)7-12(9)10(2)8-13-3/h5-8,13H,1-4H3/b10-8-. The average molecular weight is 191 g/mol. The molecule has 0 aliphatic rings. The molecule has 0 amide bonds. The number of methoxy groups -OCH3 is 1. The van der Waals surface area contributed by atoms with Crippen molar-refractivity contribution in [3.63, 3.8) is 0 Å². The lowest BCUT2D eigenvalue weighted by molar-refractivity contribution is 0.414. The minimum Gasteiger partial charge on any atom is -0.497 e. The summed E-state index contributed by atoms with van der Waals surface area (Å²) in [5.41, 5.74) is 3.69. The maximum Gasteiger partial charge on any atom is 0.119 e. The van der Waals surface area contributed by atoms with Gasteiger partial charge in [-0.1, -0.05) is 6.07 Å². The molecular formula is C12H17NO. The molecule has 2 nitrogen and oxygen atoms in total. The Morgan fingerprint density at radius 3 is 2.71 bits per heavy atom. The van der Waals surface area contributed by atoms with Crippen molar-refractivity contribution in [2.45, 2.75) is 13.8 Å². The fraction of sp³-hybridized carbons (Fsp3) is 0.333. The van der Waals surface area contributed by atoms with E-state index >= 15 is 0 Å². The van der Waals surface area contributed by atoms with Crippen molar-refractivity contribution >= 4 is 5.57 Å². The van der Waals surface area contributed by atoms with E-state index in [1.165, 1.54) is 16.7 Å². The van der Waals surface area contributed by atoms with E-state index in [1.54, 1.807) is 7.11 Å². The van der Waals surface area contributed by atoms with Crippen LogP contribution in [0.25, 0.3) is 5.57 Å². The van der Waals surface area contributed by atoms with Gasteiger partial charge in [0.2, 0.25) is 0 Å². The quantitative estimate of drug-likeness (QED) is 0.793. The SMILES string of the molecule is CN/C=C(/C)c1cc(OC)ccc1C. The molecule has 0 saturated carbocycles. The van der Waals surface area contributed by atoms with Gasteiger partial charge >= 0.3 is 0 Å². The van der Waals surface area contributed by atoms with Crippen LogP contribution >= 0.6 is 0 Å². The summed E-state index contributed by atoms with van der Waals surface area (Å²) >= 11 is 0. The third kappa shape index (κ3) is 2.28. The third-order valence-corrected chi connectivity index (χ3v) is 2.23. The molecule has 1 N–H and O–H groups in total. The average Bonchev–Trinajstić information content (AvgIpc) is 2.19. The largest absolute Gasteiger partial charge is 0.497 e. The van der Waals surface area contributed by atoms with Crippen LogP contribution in [0, 0.1) is 6.92 Å². The van der Waals surface area contributed by atoms with E-state index < -0.39 is 0 Å². The van der Waals surface area contributed by atoms with E-state index in [4.69, 9.17) is 4.74 Å². The summed E-state index contributed by atoms with van der Waals surface area (Å²) in [6.07, 6.45) is 1.99. The first kappa shape index (κ1) is 10.6. The van der Waals surface area contributed by atoms with Gasteiger partial charge in [-0.25, -0.2) is 0 Å². The lowest BCUT2D eigenvalue weighted by Gasteiger charge is -2.08. The van der Waals surface area contributed by atoms with Crippen molar-refractivity contribution < 1.29 is 4.74 Å².